The van der Waals surface area contributed by atoms with Crippen LogP contribution < -0.4 is 47.9 Å². The Labute approximate surface area is 207 Å². The van der Waals surface area contributed by atoms with Gasteiger partial charge in [-0.2, -0.15) is 0 Å². The predicted molar refractivity (Wildman–Crippen MR) is 117 cm³/mol. The summed E-state index contributed by atoms with van der Waals surface area (Å²) in [6.07, 6.45) is 5.89. The molecule has 7 heteroatoms. The van der Waals surface area contributed by atoms with Crippen molar-refractivity contribution in [3.05, 3.63) is 97.0 Å². The molecule has 0 aliphatic carbocycles. The zero-order chi connectivity index (χ0) is 19.6. The summed E-state index contributed by atoms with van der Waals surface area (Å²) in [4.78, 5) is 11.6. The van der Waals surface area contributed by atoms with E-state index in [0.717, 1.165) is 51.1 Å². The minimum Gasteiger partial charge on any atom is -1.00 e. The number of aromatic nitrogens is 3. The summed E-state index contributed by atoms with van der Waals surface area (Å²) in [6, 6.07) is 25.4. The lowest BCUT2D eigenvalue weighted by atomic mass is 9.96. The Morgan fingerprint density at radius 1 is 0.844 bits per heavy atom. The van der Waals surface area contributed by atoms with Gasteiger partial charge in [-0.3, -0.25) is 0 Å². The molecule has 164 valence electrons. The standard InChI is InChI=1S/C25H20N4.3ClH/c26-15-17-6-8-19(9-7-17)25-21(18-4-2-1-3-5-18)14-22-23(29-25)11-13-28-24(22)20-10-12-27-16-20;;;/h1-14,16,27H,15,26H2;3*1H. The summed E-state index contributed by atoms with van der Waals surface area (Å²) in [7, 11) is 0. The fourth-order valence-electron chi connectivity index (χ4n) is 3.74. The van der Waals surface area contributed by atoms with E-state index in [-0.39, 0.29) is 38.6 Å². The highest BCUT2D eigenvalue weighted by Gasteiger charge is 2.17. The fraction of sp³-hybridized carbons (Fsp3) is 0.0400. The van der Waals surface area contributed by atoms with E-state index in [1.807, 2.05) is 30.7 Å². The normalized spacial score (nSPS) is 10.0. The van der Waals surface area contributed by atoms with E-state index in [1.165, 1.54) is 5.56 Å². The number of nitrogens with one attached hydrogen (secondary N) is 2. The highest BCUT2D eigenvalue weighted by Crippen LogP contribution is 2.35. The van der Waals surface area contributed by atoms with Crippen molar-refractivity contribution in [2.24, 2.45) is 0 Å². The van der Waals surface area contributed by atoms with Gasteiger partial charge in [0.2, 0.25) is 5.69 Å². The molecule has 5 N–H and O–H groups in total. The fourth-order valence-corrected chi connectivity index (χ4v) is 3.74. The Balaban J connectivity index is 0.00000136. The summed E-state index contributed by atoms with van der Waals surface area (Å²) < 4.78 is 0. The first-order valence-electron chi connectivity index (χ1n) is 9.76. The molecule has 2 aromatic carbocycles. The summed E-state index contributed by atoms with van der Waals surface area (Å²) in [5, 5.41) is 1.10. The Morgan fingerprint density at radius 3 is 2.25 bits per heavy atom. The minimum absolute atomic E-state index is 0. The molecule has 0 aliphatic heterocycles. The van der Waals surface area contributed by atoms with Gasteiger partial charge in [0.1, 0.15) is 0 Å². The van der Waals surface area contributed by atoms with Gasteiger partial charge in [-0.25, -0.2) is 9.97 Å². The van der Waals surface area contributed by atoms with Gasteiger partial charge in [0.25, 0.3) is 0 Å². The highest BCUT2D eigenvalue weighted by molar-refractivity contribution is 5.97. The second-order valence-corrected chi connectivity index (χ2v) is 7.08. The third-order valence-corrected chi connectivity index (χ3v) is 5.28. The third-order valence-electron chi connectivity index (χ3n) is 5.28. The molecule has 0 spiro atoms. The molecule has 0 radical (unpaired) electrons. The first kappa shape index (κ1) is 25.4. The van der Waals surface area contributed by atoms with E-state index in [1.54, 1.807) is 0 Å². The number of halogens is 3. The first-order chi connectivity index (χ1) is 14.3. The molecule has 3 heterocycles. The molecule has 5 aromatic rings. The molecular weight excluding hydrogens is 463 g/mol. The molecule has 32 heavy (non-hydrogen) atoms. The van der Waals surface area contributed by atoms with Crippen LogP contribution in [0.15, 0.2) is 91.4 Å². The average molecular weight is 486 g/mol. The van der Waals surface area contributed by atoms with Gasteiger partial charge in [-0.05, 0) is 17.7 Å². The predicted octanol–water partition coefficient (Wildman–Crippen LogP) is -4.76. The number of pyridine rings is 2. The Bertz CT molecular complexity index is 1280. The summed E-state index contributed by atoms with van der Waals surface area (Å²) >= 11 is 0. The number of benzene rings is 2. The topological polar surface area (TPSA) is 70.5 Å². The van der Waals surface area contributed by atoms with Crippen LogP contribution >= 0.6 is 0 Å². The minimum atomic E-state index is 0. The second kappa shape index (κ2) is 11.1. The Hall–Kier alpha value is -2.89. The van der Waals surface area contributed by atoms with Crippen molar-refractivity contribution in [3.63, 3.8) is 0 Å². The van der Waals surface area contributed by atoms with E-state index >= 15 is 0 Å². The number of hydrogen-bond acceptors (Lipinski definition) is 1. The number of nitrogens with zero attached hydrogens (tertiary/aromatic N) is 1. The number of H-pyrrole nitrogens is 2. The van der Waals surface area contributed by atoms with Gasteiger partial charge in [0.15, 0.2) is 6.20 Å². The molecule has 0 atom stereocenters. The van der Waals surface area contributed by atoms with Crippen LogP contribution in [0.5, 0.6) is 0 Å². The average Bonchev–Trinajstić information content (AvgIpc) is 3.33. The zero-order valence-electron chi connectivity index (χ0n) is 18.2. The number of quaternary nitrogens is 1. The summed E-state index contributed by atoms with van der Waals surface area (Å²) in [5.41, 5.74) is 12.7. The van der Waals surface area contributed by atoms with E-state index in [4.69, 9.17) is 4.98 Å². The van der Waals surface area contributed by atoms with Crippen molar-refractivity contribution < 1.29 is 49.4 Å². The monoisotopic (exact) mass is 484 g/mol. The van der Waals surface area contributed by atoms with Crippen LogP contribution in [0.3, 0.4) is 0 Å². The van der Waals surface area contributed by atoms with Crippen LogP contribution in [0.1, 0.15) is 6.99 Å². The van der Waals surface area contributed by atoms with Crippen LogP contribution in [0.2, 0.25) is 0 Å². The molecular formula is C25H23Cl3N4. The van der Waals surface area contributed by atoms with E-state index in [2.05, 4.69) is 76.4 Å². The maximum Gasteiger partial charge on any atom is 1.00 e. The van der Waals surface area contributed by atoms with Gasteiger partial charge in [0, 0.05) is 35.2 Å². The van der Waals surface area contributed by atoms with Gasteiger partial charge in [-0.15, -0.1) is 0 Å². The lowest BCUT2D eigenvalue weighted by molar-refractivity contribution is -0.386. The molecule has 0 bridgehead atoms. The van der Waals surface area contributed by atoms with Crippen molar-refractivity contribution in [1.82, 2.24) is 9.97 Å². The number of fused-ring (bicyclic) bond motifs is 1. The largest absolute Gasteiger partial charge is 1.00 e. The quantitative estimate of drug-likeness (QED) is 0.264. The molecule has 0 saturated carbocycles. The van der Waals surface area contributed by atoms with Gasteiger partial charge in [0.05, 0.1) is 28.7 Å². The van der Waals surface area contributed by atoms with Crippen LogP contribution in [0.25, 0.3) is 44.5 Å². The third kappa shape index (κ3) is 4.79. The van der Waals surface area contributed by atoms with Crippen molar-refractivity contribution in [2.45, 2.75) is 6.54 Å². The number of rotatable bonds is 4. The molecule has 0 amide bonds. The molecule has 3 aromatic heterocycles. The van der Waals surface area contributed by atoms with Crippen molar-refractivity contribution in [2.75, 3.05) is 0 Å². The SMILES string of the molecule is [Cl-].[Cl-].[Cl-].[H+].[NH3+]Cc1ccc(-c2nc3cc[nH+]c(-c4cc[nH]c4)c3cc2-c2ccccc2)cc1. The molecule has 0 saturated heterocycles. The molecule has 0 aliphatic rings. The molecule has 4 nitrogen and oxygen atoms in total. The van der Waals surface area contributed by atoms with E-state index in [9.17, 15) is 0 Å². The number of aromatic amines is 2. The maximum absolute atomic E-state index is 5.10. The van der Waals surface area contributed by atoms with Crippen molar-refractivity contribution in [3.8, 4) is 33.6 Å². The molecule has 5 rings (SSSR count). The van der Waals surface area contributed by atoms with Crippen molar-refractivity contribution >= 4 is 10.9 Å². The van der Waals surface area contributed by atoms with Crippen LogP contribution in [0.4, 0.5) is 0 Å². The Kier molecular flexibility index (Phi) is 8.81. The van der Waals surface area contributed by atoms with Gasteiger partial charge < -0.3 is 47.9 Å². The first-order valence-corrected chi connectivity index (χ1v) is 9.76. The second-order valence-electron chi connectivity index (χ2n) is 7.08. The van der Waals surface area contributed by atoms with E-state index in [0.29, 0.717) is 0 Å². The Morgan fingerprint density at radius 2 is 1.59 bits per heavy atom. The molecule has 0 unspecified atom stereocenters. The van der Waals surface area contributed by atoms with Crippen LogP contribution in [-0.4, -0.2) is 9.97 Å². The maximum atomic E-state index is 5.10. The van der Waals surface area contributed by atoms with E-state index < -0.39 is 0 Å². The lowest BCUT2D eigenvalue weighted by Gasteiger charge is -2.12. The molecule has 0 fully saturated rings. The zero-order valence-corrected chi connectivity index (χ0v) is 19.4. The van der Waals surface area contributed by atoms with Crippen LogP contribution in [0, 0.1) is 0 Å². The smallest absolute Gasteiger partial charge is 1.00 e. The van der Waals surface area contributed by atoms with Gasteiger partial charge >= 0.3 is 1.43 Å². The summed E-state index contributed by atoms with van der Waals surface area (Å²) in [6.45, 7) is 0.785. The van der Waals surface area contributed by atoms with Crippen LogP contribution in [-0.2, 0) is 6.54 Å². The summed E-state index contributed by atoms with van der Waals surface area (Å²) in [5.74, 6) is 0. The highest BCUT2D eigenvalue weighted by atomic mass is 35.5. The van der Waals surface area contributed by atoms with Gasteiger partial charge in [-0.1, -0.05) is 54.6 Å². The number of hydrogen-bond donors (Lipinski definition) is 2. The van der Waals surface area contributed by atoms with Crippen molar-refractivity contribution in [1.29, 1.82) is 0 Å². The lowest BCUT2D eigenvalue weighted by Crippen LogP contribution is -3.00.